The average Bonchev–Trinajstić information content (AvgIpc) is 0. The van der Waals surface area contributed by atoms with Crippen LogP contribution in [0.1, 0.15) is 0 Å². The van der Waals surface area contributed by atoms with Crippen LogP contribution in [0.25, 0.3) is 0 Å². The van der Waals surface area contributed by atoms with E-state index in [0.717, 1.165) is 0 Å². The summed E-state index contributed by atoms with van der Waals surface area (Å²) in [6, 6.07) is 0. The SMILES string of the molecule is [Fe].[Fe].[Zn].[Zn]. The zero-order chi connectivity index (χ0) is 0. The predicted molar refractivity (Wildman–Crippen MR) is 0 cm³/mol. The van der Waals surface area contributed by atoms with Crippen LogP contribution in [-0.2, 0) is 73.1 Å². The van der Waals surface area contributed by atoms with Crippen LogP contribution in [0.15, 0.2) is 0 Å². The van der Waals surface area contributed by atoms with Crippen LogP contribution >= 0.6 is 0 Å². The number of hydrogen-bond acceptors (Lipinski definition) is 0. The van der Waals surface area contributed by atoms with Gasteiger partial charge in [-0.3, -0.25) is 0 Å². The van der Waals surface area contributed by atoms with Crippen molar-refractivity contribution in [1.29, 1.82) is 0 Å². The summed E-state index contributed by atoms with van der Waals surface area (Å²) in [6.07, 6.45) is 0. The van der Waals surface area contributed by atoms with Crippen molar-refractivity contribution < 1.29 is 73.1 Å². The van der Waals surface area contributed by atoms with Gasteiger partial charge in [-0.25, -0.2) is 0 Å². The third-order valence-electron chi connectivity index (χ3n) is 0. The van der Waals surface area contributed by atoms with E-state index >= 15 is 0 Å². The van der Waals surface area contributed by atoms with Crippen LogP contribution in [-0.4, -0.2) is 0 Å². The Hall–Kier alpha value is 2.29. The van der Waals surface area contributed by atoms with Crippen LogP contribution < -0.4 is 0 Å². The van der Waals surface area contributed by atoms with Gasteiger partial charge in [-0.05, 0) is 0 Å². The Morgan fingerprint density at radius 3 is 0.500 bits per heavy atom. The minimum absolute atomic E-state index is 0. The van der Waals surface area contributed by atoms with Gasteiger partial charge in [0.25, 0.3) is 0 Å². The minimum atomic E-state index is 0. The first kappa shape index (κ1) is 33.6. The molecule has 0 aliphatic heterocycles. The molecule has 0 aromatic rings. The first-order valence-electron chi connectivity index (χ1n) is 0. The zero-order valence-electron chi connectivity index (χ0n) is 2.12. The molecule has 0 atom stereocenters. The largest absolute Gasteiger partial charge is 0 e. The van der Waals surface area contributed by atoms with Gasteiger partial charge in [-0.15, -0.1) is 0 Å². The van der Waals surface area contributed by atoms with Gasteiger partial charge in [0.1, 0.15) is 0 Å². The molecule has 0 saturated heterocycles. The van der Waals surface area contributed by atoms with Gasteiger partial charge < -0.3 is 0 Å². The van der Waals surface area contributed by atoms with E-state index in [0.29, 0.717) is 0 Å². The molecule has 4 heavy (non-hydrogen) atoms. The Kier molecular flexibility index (Phi) is 156. The topological polar surface area (TPSA) is 0 Å². The molecule has 0 nitrogen and oxygen atoms in total. The normalized spacial score (nSPS) is 0. The smallest absolute Gasteiger partial charge is 0 e. The number of rotatable bonds is 0. The van der Waals surface area contributed by atoms with E-state index < -0.39 is 0 Å². The van der Waals surface area contributed by atoms with E-state index in [4.69, 9.17) is 0 Å². The Bertz CT molecular complexity index is 4.00. The maximum atomic E-state index is 0. The van der Waals surface area contributed by atoms with E-state index in [-0.39, 0.29) is 73.1 Å². The predicted octanol–water partition coefficient (Wildman–Crippen LogP) is -0.0100. The molecule has 0 radical (unpaired) electrons. The summed E-state index contributed by atoms with van der Waals surface area (Å²) in [4.78, 5) is 0. The molecule has 0 aromatic carbocycles. The summed E-state index contributed by atoms with van der Waals surface area (Å²) in [5, 5.41) is 0. The summed E-state index contributed by atoms with van der Waals surface area (Å²) in [5.41, 5.74) is 0. The van der Waals surface area contributed by atoms with E-state index in [1.165, 1.54) is 0 Å². The van der Waals surface area contributed by atoms with Crippen LogP contribution in [0.2, 0.25) is 0 Å². The molecule has 4 heteroatoms. The third-order valence-corrected chi connectivity index (χ3v) is 0. The monoisotopic (exact) mass is 240 g/mol. The second kappa shape index (κ2) is 18.6. The van der Waals surface area contributed by atoms with Crippen molar-refractivity contribution in [2.24, 2.45) is 0 Å². The molecular formula is Fe2Zn2. The molecule has 0 aromatic heterocycles. The molecule has 0 fully saturated rings. The quantitative estimate of drug-likeness (QED) is 0.524. The summed E-state index contributed by atoms with van der Waals surface area (Å²) < 4.78 is 0. The molecule has 0 rings (SSSR count). The molecular weight excluding hydrogens is 242 g/mol. The Morgan fingerprint density at radius 1 is 0.500 bits per heavy atom. The Labute approximate surface area is 72.3 Å². The Morgan fingerprint density at radius 2 is 0.500 bits per heavy atom. The minimum Gasteiger partial charge on any atom is 0 e. The van der Waals surface area contributed by atoms with Crippen LogP contribution in [0.4, 0.5) is 0 Å². The third kappa shape index (κ3) is 8.86. The van der Waals surface area contributed by atoms with Crippen molar-refractivity contribution in [3.05, 3.63) is 0 Å². The first-order valence-corrected chi connectivity index (χ1v) is 0. The van der Waals surface area contributed by atoms with E-state index in [1.54, 1.807) is 0 Å². The number of hydrogen-bond donors (Lipinski definition) is 0. The van der Waals surface area contributed by atoms with Crippen molar-refractivity contribution in [3.8, 4) is 0 Å². The van der Waals surface area contributed by atoms with Gasteiger partial charge in [-0.2, -0.15) is 0 Å². The summed E-state index contributed by atoms with van der Waals surface area (Å²) >= 11 is 0. The van der Waals surface area contributed by atoms with Crippen molar-refractivity contribution >= 4 is 0 Å². The van der Waals surface area contributed by atoms with Crippen molar-refractivity contribution in [2.75, 3.05) is 0 Å². The first-order chi connectivity index (χ1) is 0. The van der Waals surface area contributed by atoms with E-state index in [2.05, 4.69) is 0 Å². The maximum absolute atomic E-state index is 0. The molecule has 0 aliphatic carbocycles. The Balaban J connectivity index is 0. The standard InChI is InChI=1S/2Fe.2Zn. The molecule has 0 saturated carbocycles. The van der Waals surface area contributed by atoms with Crippen molar-refractivity contribution in [3.63, 3.8) is 0 Å². The second-order valence-electron chi connectivity index (χ2n) is 0. The molecule has 0 N–H and O–H groups in total. The maximum Gasteiger partial charge on any atom is 0 e. The fourth-order valence-corrected chi connectivity index (χ4v) is 0. The van der Waals surface area contributed by atoms with Crippen molar-refractivity contribution in [1.82, 2.24) is 0 Å². The molecule has 0 spiro atoms. The van der Waals surface area contributed by atoms with Gasteiger partial charge in [0.05, 0.1) is 0 Å². The fourth-order valence-electron chi connectivity index (χ4n) is 0. The second-order valence-corrected chi connectivity index (χ2v) is 0. The average molecular weight is 242 g/mol. The van der Waals surface area contributed by atoms with Crippen LogP contribution in [0, 0.1) is 0 Å². The molecule has 0 bridgehead atoms. The van der Waals surface area contributed by atoms with Gasteiger partial charge in [-0.1, -0.05) is 0 Å². The zero-order valence-corrected chi connectivity index (χ0v) is 10.3. The molecule has 0 amide bonds. The van der Waals surface area contributed by atoms with Gasteiger partial charge >= 0.3 is 0 Å². The van der Waals surface area contributed by atoms with Gasteiger partial charge in [0.2, 0.25) is 0 Å². The van der Waals surface area contributed by atoms with Gasteiger partial charge in [0, 0.05) is 73.1 Å². The molecule has 20 valence electrons. The molecule has 0 aliphatic rings. The summed E-state index contributed by atoms with van der Waals surface area (Å²) in [7, 11) is 0. The summed E-state index contributed by atoms with van der Waals surface area (Å²) in [6.45, 7) is 0. The summed E-state index contributed by atoms with van der Waals surface area (Å²) in [5.74, 6) is 0. The van der Waals surface area contributed by atoms with E-state index in [1.807, 2.05) is 0 Å². The van der Waals surface area contributed by atoms with Crippen LogP contribution in [0.3, 0.4) is 0 Å². The van der Waals surface area contributed by atoms with Crippen LogP contribution in [0.5, 0.6) is 0 Å². The van der Waals surface area contributed by atoms with Crippen molar-refractivity contribution in [2.45, 2.75) is 0 Å². The fraction of sp³-hybridized carbons (Fsp3) is 0. The van der Waals surface area contributed by atoms with Gasteiger partial charge in [0.15, 0.2) is 0 Å². The molecule has 0 heterocycles. The molecule has 0 unspecified atom stereocenters. The van der Waals surface area contributed by atoms with E-state index in [9.17, 15) is 0 Å².